The fourth-order valence-corrected chi connectivity index (χ4v) is 4.28. The minimum Gasteiger partial charge on any atom is -0.348 e. The third-order valence-electron chi connectivity index (χ3n) is 4.62. The van der Waals surface area contributed by atoms with Crippen molar-refractivity contribution < 1.29 is 4.79 Å². The predicted octanol–water partition coefficient (Wildman–Crippen LogP) is 4.93. The Balaban J connectivity index is 1.56. The van der Waals surface area contributed by atoms with Gasteiger partial charge in [0.05, 0.1) is 10.0 Å². The molecule has 0 spiro atoms. The van der Waals surface area contributed by atoms with Gasteiger partial charge in [-0.25, -0.2) is 0 Å². The van der Waals surface area contributed by atoms with Crippen LogP contribution in [0.2, 0.25) is 10.0 Å². The summed E-state index contributed by atoms with van der Waals surface area (Å²) in [5.41, 5.74) is 0.553. The Kier molecular flexibility index (Phi) is 6.77. The standard InChI is InChI=1S/C19H22Cl2N2OS/c20-15-8-7-13(12-16(15)21)19(24)23-18-6-2-1-5-17(18)22-10-9-14-4-3-11-25-14/h3-4,7-8,11-12,17-18,22H,1-2,5-6,9-10H2,(H,23,24). The van der Waals surface area contributed by atoms with E-state index in [9.17, 15) is 4.79 Å². The Morgan fingerprint density at radius 1 is 1.12 bits per heavy atom. The van der Waals surface area contributed by atoms with Gasteiger partial charge in [-0.1, -0.05) is 42.1 Å². The van der Waals surface area contributed by atoms with E-state index in [-0.39, 0.29) is 11.9 Å². The van der Waals surface area contributed by atoms with E-state index in [0.717, 1.165) is 32.2 Å². The van der Waals surface area contributed by atoms with E-state index in [1.54, 1.807) is 29.5 Å². The second-order valence-electron chi connectivity index (χ2n) is 6.38. The first-order valence-corrected chi connectivity index (χ1v) is 10.3. The summed E-state index contributed by atoms with van der Waals surface area (Å²) in [6, 6.07) is 9.72. The molecule has 1 saturated carbocycles. The molecule has 6 heteroatoms. The largest absolute Gasteiger partial charge is 0.348 e. The SMILES string of the molecule is O=C(NC1CCCCC1NCCc1cccs1)c1ccc(Cl)c(Cl)c1. The van der Waals surface area contributed by atoms with Gasteiger partial charge < -0.3 is 10.6 Å². The van der Waals surface area contributed by atoms with E-state index < -0.39 is 0 Å². The molecular weight excluding hydrogens is 375 g/mol. The fourth-order valence-electron chi connectivity index (χ4n) is 3.27. The third kappa shape index (κ3) is 5.20. The summed E-state index contributed by atoms with van der Waals surface area (Å²) in [6.07, 6.45) is 5.48. The van der Waals surface area contributed by atoms with Crippen LogP contribution in [-0.2, 0) is 6.42 Å². The number of nitrogens with one attached hydrogen (secondary N) is 2. The molecule has 2 aromatic rings. The van der Waals surface area contributed by atoms with Gasteiger partial charge in [0.25, 0.3) is 5.91 Å². The number of carbonyl (C=O) groups excluding carboxylic acids is 1. The first kappa shape index (κ1) is 18.7. The van der Waals surface area contributed by atoms with Gasteiger partial charge in [0.15, 0.2) is 0 Å². The number of amides is 1. The average molecular weight is 397 g/mol. The molecule has 1 amide bonds. The van der Waals surface area contributed by atoms with Crippen LogP contribution in [0.5, 0.6) is 0 Å². The first-order chi connectivity index (χ1) is 12.1. The van der Waals surface area contributed by atoms with E-state index in [4.69, 9.17) is 23.2 Å². The van der Waals surface area contributed by atoms with Crippen molar-refractivity contribution in [1.82, 2.24) is 10.6 Å². The molecule has 1 aromatic carbocycles. The molecule has 134 valence electrons. The minimum atomic E-state index is -0.0875. The van der Waals surface area contributed by atoms with Gasteiger partial charge in [0.2, 0.25) is 0 Å². The number of hydrogen-bond donors (Lipinski definition) is 2. The molecule has 0 aliphatic heterocycles. The van der Waals surface area contributed by atoms with Crippen molar-refractivity contribution in [2.24, 2.45) is 0 Å². The summed E-state index contributed by atoms with van der Waals surface area (Å²) in [4.78, 5) is 13.9. The average Bonchev–Trinajstić information content (AvgIpc) is 3.12. The first-order valence-electron chi connectivity index (χ1n) is 8.65. The lowest BCUT2D eigenvalue weighted by Gasteiger charge is -2.33. The second-order valence-corrected chi connectivity index (χ2v) is 8.23. The summed E-state index contributed by atoms with van der Waals surface area (Å²) in [5.74, 6) is -0.0875. The zero-order chi connectivity index (χ0) is 17.6. The third-order valence-corrected chi connectivity index (χ3v) is 6.30. The molecule has 0 radical (unpaired) electrons. The van der Waals surface area contributed by atoms with Crippen molar-refractivity contribution in [2.45, 2.75) is 44.2 Å². The highest BCUT2D eigenvalue weighted by Gasteiger charge is 2.26. The van der Waals surface area contributed by atoms with Crippen molar-refractivity contribution in [2.75, 3.05) is 6.54 Å². The molecule has 1 heterocycles. The Hall–Kier alpha value is -1.07. The molecule has 3 rings (SSSR count). The fraction of sp³-hybridized carbons (Fsp3) is 0.421. The molecular formula is C19H22Cl2N2OS. The summed E-state index contributed by atoms with van der Waals surface area (Å²) in [7, 11) is 0. The molecule has 3 nitrogen and oxygen atoms in total. The predicted molar refractivity (Wildman–Crippen MR) is 106 cm³/mol. The monoisotopic (exact) mass is 396 g/mol. The highest BCUT2D eigenvalue weighted by molar-refractivity contribution is 7.09. The van der Waals surface area contributed by atoms with Gasteiger partial charge in [0.1, 0.15) is 0 Å². The van der Waals surface area contributed by atoms with Crippen molar-refractivity contribution in [3.63, 3.8) is 0 Å². The summed E-state index contributed by atoms with van der Waals surface area (Å²) in [6.45, 7) is 0.935. The highest BCUT2D eigenvalue weighted by atomic mass is 35.5. The second kappa shape index (κ2) is 9.04. The van der Waals surface area contributed by atoms with Gasteiger partial charge in [-0.3, -0.25) is 4.79 Å². The van der Waals surface area contributed by atoms with Gasteiger partial charge in [-0.15, -0.1) is 11.3 Å². The maximum atomic E-state index is 12.5. The van der Waals surface area contributed by atoms with Crippen LogP contribution in [-0.4, -0.2) is 24.5 Å². The minimum absolute atomic E-state index is 0.0875. The van der Waals surface area contributed by atoms with Gasteiger partial charge in [0, 0.05) is 29.1 Å². The Labute approximate surface area is 162 Å². The van der Waals surface area contributed by atoms with Crippen LogP contribution in [0, 0.1) is 0 Å². The maximum absolute atomic E-state index is 12.5. The Morgan fingerprint density at radius 3 is 2.64 bits per heavy atom. The van der Waals surface area contributed by atoms with Crippen molar-refractivity contribution in [3.05, 3.63) is 56.2 Å². The molecule has 1 aromatic heterocycles. The van der Waals surface area contributed by atoms with Gasteiger partial charge >= 0.3 is 0 Å². The van der Waals surface area contributed by atoms with E-state index in [1.807, 2.05) is 0 Å². The van der Waals surface area contributed by atoms with Gasteiger partial charge in [-0.2, -0.15) is 0 Å². The number of benzene rings is 1. The van der Waals surface area contributed by atoms with Crippen LogP contribution in [0.25, 0.3) is 0 Å². The van der Waals surface area contributed by atoms with Crippen LogP contribution in [0.4, 0.5) is 0 Å². The molecule has 25 heavy (non-hydrogen) atoms. The molecule has 0 saturated heterocycles. The number of hydrogen-bond acceptors (Lipinski definition) is 3. The molecule has 0 bridgehead atoms. The van der Waals surface area contributed by atoms with E-state index >= 15 is 0 Å². The van der Waals surface area contributed by atoms with E-state index in [2.05, 4.69) is 28.1 Å². The van der Waals surface area contributed by atoms with Crippen LogP contribution in [0.3, 0.4) is 0 Å². The lowest BCUT2D eigenvalue weighted by Crippen LogP contribution is -2.52. The van der Waals surface area contributed by atoms with Crippen molar-refractivity contribution in [3.8, 4) is 0 Å². The lowest BCUT2D eigenvalue weighted by molar-refractivity contribution is 0.0915. The lowest BCUT2D eigenvalue weighted by atomic mass is 9.90. The summed E-state index contributed by atoms with van der Waals surface area (Å²) < 4.78 is 0. The maximum Gasteiger partial charge on any atom is 0.251 e. The zero-order valence-corrected chi connectivity index (χ0v) is 16.3. The molecule has 1 aliphatic carbocycles. The van der Waals surface area contributed by atoms with Crippen molar-refractivity contribution >= 4 is 40.4 Å². The smallest absolute Gasteiger partial charge is 0.251 e. The molecule has 1 aliphatic rings. The van der Waals surface area contributed by atoms with Crippen LogP contribution < -0.4 is 10.6 Å². The topological polar surface area (TPSA) is 41.1 Å². The summed E-state index contributed by atoms with van der Waals surface area (Å²) >= 11 is 13.7. The number of rotatable bonds is 6. The van der Waals surface area contributed by atoms with Crippen LogP contribution in [0.15, 0.2) is 35.7 Å². The number of halogens is 2. The van der Waals surface area contributed by atoms with Crippen LogP contribution >= 0.6 is 34.5 Å². The number of thiophene rings is 1. The highest BCUT2D eigenvalue weighted by Crippen LogP contribution is 2.23. The molecule has 2 N–H and O–H groups in total. The normalized spacial score (nSPS) is 20.4. The Morgan fingerprint density at radius 2 is 1.92 bits per heavy atom. The van der Waals surface area contributed by atoms with Crippen LogP contribution in [0.1, 0.15) is 40.9 Å². The Bertz CT molecular complexity index is 705. The van der Waals surface area contributed by atoms with Gasteiger partial charge in [-0.05, 0) is 48.9 Å². The van der Waals surface area contributed by atoms with E-state index in [1.165, 1.54) is 11.3 Å². The quantitative estimate of drug-likeness (QED) is 0.726. The van der Waals surface area contributed by atoms with E-state index in [0.29, 0.717) is 21.7 Å². The molecule has 2 unspecified atom stereocenters. The zero-order valence-electron chi connectivity index (χ0n) is 13.9. The summed E-state index contributed by atoms with van der Waals surface area (Å²) in [5, 5.41) is 9.78. The van der Waals surface area contributed by atoms with Crippen molar-refractivity contribution in [1.29, 1.82) is 0 Å². The molecule has 2 atom stereocenters. The number of carbonyl (C=O) groups is 1. The molecule has 1 fully saturated rings.